The molecule has 0 atom stereocenters. The quantitative estimate of drug-likeness (QED) is 0.481. The number of rotatable bonds is 10. The first-order valence-corrected chi connectivity index (χ1v) is 15.1. The van der Waals surface area contributed by atoms with Gasteiger partial charge in [0.05, 0.1) is 6.54 Å². The molecule has 2 aromatic rings. The van der Waals surface area contributed by atoms with E-state index in [0.717, 1.165) is 61.9 Å². The number of aliphatic imine (C=N–C) groups is 1. The third-order valence-corrected chi connectivity index (χ3v) is 8.73. The number of hydrogen-bond acceptors (Lipinski definition) is 10. The van der Waals surface area contributed by atoms with Crippen molar-refractivity contribution < 1.29 is 4.79 Å². The van der Waals surface area contributed by atoms with Gasteiger partial charge in [0.1, 0.15) is 11.6 Å². The lowest BCUT2D eigenvalue weighted by Gasteiger charge is -2.35. The van der Waals surface area contributed by atoms with Gasteiger partial charge in [-0.15, -0.1) is 0 Å². The van der Waals surface area contributed by atoms with Crippen LogP contribution in [0.5, 0.6) is 0 Å². The van der Waals surface area contributed by atoms with Crippen molar-refractivity contribution in [1.82, 2.24) is 24.8 Å². The predicted octanol–water partition coefficient (Wildman–Crippen LogP) is 3.53. The van der Waals surface area contributed by atoms with Gasteiger partial charge >= 0.3 is 0 Å². The topological polar surface area (TPSA) is 89.9 Å². The zero-order valence-corrected chi connectivity index (χ0v) is 23.6. The van der Waals surface area contributed by atoms with Gasteiger partial charge in [0, 0.05) is 56.5 Å². The molecule has 0 radical (unpaired) electrons. The zero-order valence-electron chi connectivity index (χ0n) is 22.8. The normalized spacial score (nSPS) is 20.3. The summed E-state index contributed by atoms with van der Waals surface area (Å²) in [5, 5.41) is 3.96. The number of amidine groups is 1. The lowest BCUT2D eigenvalue weighted by Crippen LogP contribution is -2.49. The molecule has 39 heavy (non-hydrogen) atoms. The summed E-state index contributed by atoms with van der Waals surface area (Å²) in [6, 6.07) is 8.21. The minimum Gasteiger partial charge on any atom is -0.338 e. The second-order valence-corrected chi connectivity index (χ2v) is 12.1. The Bertz CT molecular complexity index is 1230. The number of Topliss-reactive ketones (excluding diaryl/α,β-unsaturated/α-hetero) is 1. The number of ketones is 1. The fourth-order valence-electron chi connectivity index (χ4n) is 5.31. The predicted molar refractivity (Wildman–Crippen MR) is 156 cm³/mol. The van der Waals surface area contributed by atoms with Gasteiger partial charge in [-0.05, 0) is 86.8 Å². The van der Waals surface area contributed by atoms with Gasteiger partial charge in [-0.1, -0.05) is 12.1 Å². The summed E-state index contributed by atoms with van der Waals surface area (Å²) in [7, 11) is 0. The van der Waals surface area contributed by atoms with Crippen LogP contribution in [-0.2, 0) is 11.2 Å². The van der Waals surface area contributed by atoms with Gasteiger partial charge in [0.2, 0.25) is 11.9 Å². The van der Waals surface area contributed by atoms with Crippen LogP contribution in [0.15, 0.2) is 51.0 Å². The van der Waals surface area contributed by atoms with E-state index in [1.54, 1.807) is 0 Å². The Labute approximate surface area is 235 Å². The van der Waals surface area contributed by atoms with Crippen molar-refractivity contribution in [1.29, 1.82) is 0 Å². The number of aromatic nitrogens is 3. The van der Waals surface area contributed by atoms with E-state index in [1.807, 2.05) is 18.2 Å². The van der Waals surface area contributed by atoms with E-state index in [9.17, 15) is 4.79 Å². The van der Waals surface area contributed by atoms with Crippen molar-refractivity contribution in [2.75, 3.05) is 69.1 Å². The number of piperazine rings is 1. The average molecular weight is 547 g/mol. The molecular formula is C29H38N8OS. The van der Waals surface area contributed by atoms with Crippen molar-refractivity contribution in [2.45, 2.75) is 49.1 Å². The van der Waals surface area contributed by atoms with Crippen molar-refractivity contribution >= 4 is 35.3 Å². The fourth-order valence-corrected chi connectivity index (χ4v) is 6.05. The first-order chi connectivity index (χ1) is 19.1. The summed E-state index contributed by atoms with van der Waals surface area (Å²) >= 11 is 1.52. The molecule has 1 aromatic carbocycles. The molecule has 0 bridgehead atoms. The van der Waals surface area contributed by atoms with E-state index in [4.69, 9.17) is 15.0 Å². The van der Waals surface area contributed by atoms with Gasteiger partial charge in [0.25, 0.3) is 0 Å². The maximum absolute atomic E-state index is 12.2. The van der Waals surface area contributed by atoms with Gasteiger partial charge in [-0.2, -0.15) is 15.0 Å². The third-order valence-electron chi connectivity index (χ3n) is 7.85. The molecule has 0 unspecified atom stereocenters. The highest BCUT2D eigenvalue weighted by Crippen LogP contribution is 2.32. The van der Waals surface area contributed by atoms with Crippen LogP contribution in [-0.4, -0.2) is 95.3 Å². The standard InChI is InChI=1S/C29H38N8OS/c1-21-18-26(30-20-21)31-27-32-28(37-16-14-36(15-17-37)13-12-35-10-2-3-11-35)34-29(33-27)39-24-8-4-22(5-9-24)19-25(38)23-6-7-23/h4-5,8-9,18,23H,2-3,6-7,10-17,19-20H2,1H3,(H,30,31,32,33,34). The van der Waals surface area contributed by atoms with Gasteiger partial charge in [0.15, 0.2) is 5.16 Å². The van der Waals surface area contributed by atoms with Crippen LogP contribution < -0.4 is 10.2 Å². The molecule has 3 fully saturated rings. The highest BCUT2D eigenvalue weighted by atomic mass is 32.2. The summed E-state index contributed by atoms with van der Waals surface area (Å²) in [6.07, 6.45) is 7.36. The molecule has 2 saturated heterocycles. The highest BCUT2D eigenvalue weighted by molar-refractivity contribution is 7.99. The van der Waals surface area contributed by atoms with E-state index in [0.29, 0.717) is 41.7 Å². The smallest absolute Gasteiger partial charge is 0.234 e. The van der Waals surface area contributed by atoms with E-state index in [-0.39, 0.29) is 0 Å². The third kappa shape index (κ3) is 7.23. The van der Waals surface area contributed by atoms with Crippen molar-refractivity contribution in [3.63, 3.8) is 0 Å². The summed E-state index contributed by atoms with van der Waals surface area (Å²) in [4.78, 5) is 39.6. The first kappa shape index (κ1) is 26.4. The molecule has 1 saturated carbocycles. The molecular weight excluding hydrogens is 508 g/mol. The van der Waals surface area contributed by atoms with Gasteiger partial charge in [-0.25, -0.2) is 0 Å². The van der Waals surface area contributed by atoms with Crippen molar-refractivity contribution in [3.05, 3.63) is 41.5 Å². The molecule has 9 nitrogen and oxygen atoms in total. The number of likely N-dealkylation sites (tertiary alicyclic amines) is 1. The highest BCUT2D eigenvalue weighted by Gasteiger charge is 2.29. The Hall–Kier alpha value is -2.82. The SMILES string of the molecule is CC1=CC(Nc2nc(Sc3ccc(CC(=O)C4CC4)cc3)nc(N3CCN(CCN4CCCC4)CC3)n2)=NC1. The summed E-state index contributed by atoms with van der Waals surface area (Å²) in [5.41, 5.74) is 2.28. The van der Waals surface area contributed by atoms with Crippen molar-refractivity contribution in [3.8, 4) is 0 Å². The minimum absolute atomic E-state index is 0.295. The average Bonchev–Trinajstić information content (AvgIpc) is 3.52. The Morgan fingerprint density at radius 2 is 1.67 bits per heavy atom. The van der Waals surface area contributed by atoms with Crippen LogP contribution in [0.2, 0.25) is 0 Å². The first-order valence-electron chi connectivity index (χ1n) is 14.3. The Morgan fingerprint density at radius 3 is 2.33 bits per heavy atom. The molecule has 1 N–H and O–H groups in total. The van der Waals surface area contributed by atoms with Crippen molar-refractivity contribution in [2.24, 2.45) is 10.9 Å². The summed E-state index contributed by atoms with van der Waals surface area (Å²) in [6.45, 7) is 11.4. The van der Waals surface area contributed by atoms with E-state index >= 15 is 0 Å². The molecule has 1 aromatic heterocycles. The molecule has 4 aliphatic rings. The largest absolute Gasteiger partial charge is 0.338 e. The molecule has 0 amide bonds. The number of anilines is 2. The zero-order chi connectivity index (χ0) is 26.6. The molecule has 0 spiro atoms. The Balaban J connectivity index is 1.13. The van der Waals surface area contributed by atoms with Gasteiger partial charge in [-0.3, -0.25) is 14.7 Å². The maximum atomic E-state index is 12.2. The molecule has 6 rings (SSSR count). The lowest BCUT2D eigenvalue weighted by molar-refractivity contribution is -0.119. The van der Waals surface area contributed by atoms with Crippen LogP contribution >= 0.6 is 11.8 Å². The molecule has 206 valence electrons. The monoisotopic (exact) mass is 546 g/mol. The number of carbonyl (C=O) groups excluding carboxylic acids is 1. The summed E-state index contributed by atoms with van der Waals surface area (Å²) in [5.74, 6) is 2.68. The van der Waals surface area contributed by atoms with Gasteiger partial charge < -0.3 is 15.1 Å². The summed E-state index contributed by atoms with van der Waals surface area (Å²) < 4.78 is 0. The fraction of sp³-hybridized carbons (Fsp3) is 0.552. The molecule has 3 aliphatic heterocycles. The second kappa shape index (κ2) is 12.1. The van der Waals surface area contributed by atoms with Crippen LogP contribution in [0.3, 0.4) is 0 Å². The van der Waals surface area contributed by atoms with Crippen LogP contribution in [0.4, 0.5) is 11.9 Å². The second-order valence-electron chi connectivity index (χ2n) is 11.1. The van der Waals surface area contributed by atoms with E-state index in [2.05, 4.69) is 44.1 Å². The minimum atomic E-state index is 0.295. The molecule has 1 aliphatic carbocycles. The molecule has 10 heteroatoms. The Morgan fingerprint density at radius 1 is 0.949 bits per heavy atom. The maximum Gasteiger partial charge on any atom is 0.234 e. The van der Waals surface area contributed by atoms with Crippen LogP contribution in [0.25, 0.3) is 0 Å². The Kier molecular flexibility index (Phi) is 8.22. The molecule has 4 heterocycles. The number of nitrogens with one attached hydrogen (secondary N) is 1. The van der Waals surface area contributed by atoms with E-state index in [1.165, 1.54) is 49.8 Å². The van der Waals surface area contributed by atoms with E-state index < -0.39 is 0 Å². The van der Waals surface area contributed by atoms with Crippen LogP contribution in [0.1, 0.15) is 38.2 Å². The van der Waals surface area contributed by atoms with Crippen LogP contribution in [0, 0.1) is 5.92 Å². The lowest BCUT2D eigenvalue weighted by atomic mass is 10.1. The number of nitrogens with zero attached hydrogens (tertiary/aromatic N) is 7. The number of carbonyl (C=O) groups is 1. The number of benzene rings is 1. The number of hydrogen-bond donors (Lipinski definition) is 1.